The molecule has 0 spiro atoms. The Balaban J connectivity index is 1.86. The molecule has 0 saturated heterocycles. The Bertz CT molecular complexity index is 1010. The maximum atomic E-state index is 12.9. The van der Waals surface area contributed by atoms with Gasteiger partial charge in [0.05, 0.1) is 5.02 Å². The lowest BCUT2D eigenvalue weighted by atomic mass is 10.0. The van der Waals surface area contributed by atoms with E-state index in [0.717, 1.165) is 12.8 Å². The third-order valence-corrected chi connectivity index (χ3v) is 7.67. The van der Waals surface area contributed by atoms with Crippen LogP contribution in [0.25, 0.3) is 0 Å². The molecule has 1 aliphatic carbocycles. The largest absolute Gasteiger partial charge is 0.340 e. The van der Waals surface area contributed by atoms with E-state index in [-0.39, 0.29) is 21.4 Å². The van der Waals surface area contributed by atoms with E-state index in [9.17, 15) is 13.2 Å². The summed E-state index contributed by atoms with van der Waals surface area (Å²) < 4.78 is 32.5. The number of halogens is 1. The number of rotatable bonds is 9. The van der Waals surface area contributed by atoms with Crippen LogP contribution in [0.2, 0.25) is 5.02 Å². The van der Waals surface area contributed by atoms with Gasteiger partial charge in [0.25, 0.3) is 5.91 Å². The molecule has 2 aromatic rings. The van der Waals surface area contributed by atoms with Gasteiger partial charge in [-0.15, -0.1) is 0 Å². The predicted molar refractivity (Wildman–Crippen MR) is 113 cm³/mol. The van der Waals surface area contributed by atoms with Gasteiger partial charge in [0.1, 0.15) is 10.9 Å². The van der Waals surface area contributed by atoms with E-state index in [4.69, 9.17) is 16.1 Å². The number of sulfonamides is 1. The van der Waals surface area contributed by atoms with Gasteiger partial charge in [-0.2, -0.15) is 9.29 Å². The average Bonchev–Trinajstić information content (AvgIpc) is 3.44. The summed E-state index contributed by atoms with van der Waals surface area (Å²) in [6.45, 7) is 7.98. The Morgan fingerprint density at radius 2 is 1.97 bits per heavy atom. The summed E-state index contributed by atoms with van der Waals surface area (Å²) in [4.78, 5) is 17.3. The van der Waals surface area contributed by atoms with E-state index in [1.165, 1.54) is 22.5 Å². The van der Waals surface area contributed by atoms with Gasteiger partial charge < -0.3 is 9.84 Å². The molecule has 1 saturated carbocycles. The highest BCUT2D eigenvalue weighted by atomic mass is 35.5. The summed E-state index contributed by atoms with van der Waals surface area (Å²) in [5.74, 6) is 0.921. The molecule has 1 amide bonds. The fourth-order valence-electron chi connectivity index (χ4n) is 3.16. The highest BCUT2D eigenvalue weighted by molar-refractivity contribution is 7.89. The van der Waals surface area contributed by atoms with Crippen LogP contribution in [0.15, 0.2) is 27.6 Å². The summed E-state index contributed by atoms with van der Waals surface area (Å²) in [6.07, 6.45) is 2.10. The van der Waals surface area contributed by atoms with Crippen LogP contribution in [0.5, 0.6) is 0 Å². The van der Waals surface area contributed by atoms with Gasteiger partial charge in [-0.25, -0.2) is 8.42 Å². The predicted octanol–water partition coefficient (Wildman–Crippen LogP) is 3.76. The smallest absolute Gasteiger partial charge is 0.251 e. The van der Waals surface area contributed by atoms with Crippen molar-refractivity contribution in [2.24, 2.45) is 5.92 Å². The summed E-state index contributed by atoms with van der Waals surface area (Å²) >= 11 is 6.16. The Kier molecular flexibility index (Phi) is 6.84. The highest BCUT2D eigenvalue weighted by Crippen LogP contribution is 2.38. The van der Waals surface area contributed by atoms with Crippen molar-refractivity contribution in [1.29, 1.82) is 0 Å². The third-order valence-electron chi connectivity index (χ3n) is 5.14. The first-order valence-corrected chi connectivity index (χ1v) is 11.9. The molecule has 1 aliphatic rings. The molecule has 8 nitrogen and oxygen atoms in total. The van der Waals surface area contributed by atoms with Crippen molar-refractivity contribution in [2.45, 2.75) is 57.4 Å². The van der Waals surface area contributed by atoms with Gasteiger partial charge in [0.2, 0.25) is 15.9 Å². The molecule has 3 rings (SSSR count). The van der Waals surface area contributed by atoms with Crippen LogP contribution in [-0.2, 0) is 10.0 Å². The second-order valence-electron chi connectivity index (χ2n) is 7.69. The first kappa shape index (κ1) is 22.7. The van der Waals surface area contributed by atoms with Gasteiger partial charge in [0.15, 0.2) is 5.82 Å². The van der Waals surface area contributed by atoms with Crippen molar-refractivity contribution in [3.63, 3.8) is 0 Å². The molecule has 10 heteroatoms. The van der Waals surface area contributed by atoms with Crippen LogP contribution in [0, 0.1) is 5.92 Å². The summed E-state index contributed by atoms with van der Waals surface area (Å²) in [5, 5.41) is 6.98. The van der Waals surface area contributed by atoms with E-state index >= 15 is 0 Å². The average molecular weight is 455 g/mol. The first-order chi connectivity index (χ1) is 14.2. The molecule has 1 atom stereocenters. The highest BCUT2D eigenvalue weighted by Gasteiger charge is 2.32. The Hall–Kier alpha value is -1.97. The molecule has 30 heavy (non-hydrogen) atoms. The van der Waals surface area contributed by atoms with Gasteiger partial charge in [-0.05, 0) is 37.0 Å². The fourth-order valence-corrected chi connectivity index (χ4v) is 5.12. The Morgan fingerprint density at radius 1 is 1.30 bits per heavy atom. The van der Waals surface area contributed by atoms with Crippen molar-refractivity contribution >= 4 is 27.5 Å². The molecule has 1 unspecified atom stereocenters. The van der Waals surface area contributed by atoms with Gasteiger partial charge in [-0.1, -0.05) is 44.5 Å². The number of hydrogen-bond donors (Lipinski definition) is 1. The molecule has 0 aliphatic heterocycles. The van der Waals surface area contributed by atoms with Crippen molar-refractivity contribution in [1.82, 2.24) is 19.8 Å². The minimum atomic E-state index is -3.80. The summed E-state index contributed by atoms with van der Waals surface area (Å²) in [6, 6.07) is 3.75. The van der Waals surface area contributed by atoms with Crippen molar-refractivity contribution in [3.8, 4) is 0 Å². The zero-order chi connectivity index (χ0) is 22.1. The summed E-state index contributed by atoms with van der Waals surface area (Å²) in [7, 11) is -3.80. The van der Waals surface area contributed by atoms with Gasteiger partial charge in [-0.3, -0.25) is 4.79 Å². The zero-order valence-corrected chi connectivity index (χ0v) is 19.1. The van der Waals surface area contributed by atoms with E-state index in [2.05, 4.69) is 15.5 Å². The molecule has 1 N–H and O–H groups in total. The van der Waals surface area contributed by atoms with Crippen LogP contribution in [0.1, 0.15) is 74.6 Å². The zero-order valence-electron chi connectivity index (χ0n) is 17.6. The minimum absolute atomic E-state index is 0.00682. The number of aromatic nitrogens is 2. The SMILES string of the molecule is CCN(CC)S(=O)(=O)c1cc(C(=O)NC(c2nc(C3CC3)no2)C(C)C)ccc1Cl. The lowest BCUT2D eigenvalue weighted by Gasteiger charge is -2.21. The van der Waals surface area contributed by atoms with Crippen LogP contribution in [0.3, 0.4) is 0 Å². The second-order valence-corrected chi connectivity index (χ2v) is 10.0. The van der Waals surface area contributed by atoms with Gasteiger partial charge in [0, 0.05) is 24.6 Å². The molecule has 164 valence electrons. The number of nitrogens with one attached hydrogen (secondary N) is 1. The lowest BCUT2D eigenvalue weighted by Crippen LogP contribution is -2.33. The number of hydrogen-bond acceptors (Lipinski definition) is 6. The van der Waals surface area contributed by atoms with Crippen molar-refractivity contribution in [3.05, 3.63) is 40.5 Å². The summed E-state index contributed by atoms with van der Waals surface area (Å²) in [5.41, 5.74) is 0.192. The molecule has 1 fully saturated rings. The molecule has 0 radical (unpaired) electrons. The first-order valence-electron chi connectivity index (χ1n) is 10.1. The van der Waals surface area contributed by atoms with Gasteiger partial charge >= 0.3 is 0 Å². The third kappa shape index (κ3) is 4.68. The number of benzene rings is 1. The van der Waals surface area contributed by atoms with E-state index in [1.54, 1.807) is 13.8 Å². The quantitative estimate of drug-likeness (QED) is 0.618. The Morgan fingerprint density at radius 3 is 2.53 bits per heavy atom. The van der Waals surface area contributed by atoms with E-state index < -0.39 is 22.0 Å². The number of nitrogens with zero attached hydrogens (tertiary/aromatic N) is 3. The fraction of sp³-hybridized carbons (Fsp3) is 0.550. The van der Waals surface area contributed by atoms with Crippen molar-refractivity contribution in [2.75, 3.05) is 13.1 Å². The normalized spacial score (nSPS) is 15.6. The van der Waals surface area contributed by atoms with Crippen LogP contribution < -0.4 is 5.32 Å². The van der Waals surface area contributed by atoms with E-state index in [0.29, 0.717) is 30.7 Å². The number of carbonyl (C=O) groups excluding carboxylic acids is 1. The molecule has 0 bridgehead atoms. The number of carbonyl (C=O) groups is 1. The molecular weight excluding hydrogens is 428 g/mol. The minimum Gasteiger partial charge on any atom is -0.340 e. The molecule has 1 heterocycles. The maximum Gasteiger partial charge on any atom is 0.251 e. The standard InChI is InChI=1S/C20H27ClN4O4S/c1-5-25(6-2)30(27,28)16-11-14(9-10-15(16)21)19(26)22-17(12(3)4)20-23-18(24-29-20)13-7-8-13/h9-13,17H,5-8H2,1-4H3,(H,22,26). The Labute approximate surface area is 182 Å². The maximum absolute atomic E-state index is 12.9. The van der Waals surface area contributed by atoms with E-state index in [1.807, 2.05) is 13.8 Å². The molecule has 1 aromatic carbocycles. The van der Waals surface area contributed by atoms with Crippen LogP contribution in [0.4, 0.5) is 0 Å². The lowest BCUT2D eigenvalue weighted by molar-refractivity contribution is 0.0913. The van der Waals surface area contributed by atoms with Crippen LogP contribution in [-0.4, -0.2) is 41.9 Å². The second kappa shape index (κ2) is 9.03. The van der Waals surface area contributed by atoms with Crippen LogP contribution >= 0.6 is 11.6 Å². The number of amides is 1. The van der Waals surface area contributed by atoms with Crippen molar-refractivity contribution < 1.29 is 17.7 Å². The molecular formula is C20H27ClN4O4S. The topological polar surface area (TPSA) is 105 Å². The monoisotopic (exact) mass is 454 g/mol. The molecule has 1 aromatic heterocycles.